The fourth-order valence-corrected chi connectivity index (χ4v) is 4.19. The largest absolute Gasteiger partial charge is 0.496 e. The van der Waals surface area contributed by atoms with Crippen LogP contribution in [0.25, 0.3) is 0 Å². The van der Waals surface area contributed by atoms with Gasteiger partial charge < -0.3 is 4.74 Å². The fourth-order valence-electron chi connectivity index (χ4n) is 4.19. The molecule has 3 nitrogen and oxygen atoms in total. The van der Waals surface area contributed by atoms with E-state index in [1.807, 2.05) is 12.1 Å². The predicted molar refractivity (Wildman–Crippen MR) is 118 cm³/mol. The van der Waals surface area contributed by atoms with Gasteiger partial charge in [0.25, 0.3) is 0 Å². The van der Waals surface area contributed by atoms with Gasteiger partial charge in [-0.1, -0.05) is 80.6 Å². The number of benzene rings is 2. The summed E-state index contributed by atoms with van der Waals surface area (Å²) in [6.45, 7) is 0.823. The molecule has 1 fully saturated rings. The Bertz CT molecular complexity index is 665. The highest BCUT2D eigenvalue weighted by atomic mass is 16.5. The Hall–Kier alpha value is -1.84. The van der Waals surface area contributed by atoms with Crippen LogP contribution in [0.1, 0.15) is 62.5 Å². The normalized spacial score (nSPS) is 16.9. The van der Waals surface area contributed by atoms with Crippen LogP contribution in [0.3, 0.4) is 0 Å². The van der Waals surface area contributed by atoms with E-state index in [1.54, 1.807) is 7.11 Å². The minimum absolute atomic E-state index is 0.314. The lowest BCUT2D eigenvalue weighted by Gasteiger charge is -2.28. The molecule has 28 heavy (non-hydrogen) atoms. The van der Waals surface area contributed by atoms with Crippen molar-refractivity contribution < 1.29 is 4.74 Å². The number of aryl methyl sites for hydroxylation is 1. The Kier molecular flexibility index (Phi) is 8.86. The molecule has 0 aromatic heterocycles. The second kappa shape index (κ2) is 11.9. The average molecular weight is 381 g/mol. The molecular formula is C25H36N2O. The highest BCUT2D eigenvalue weighted by Gasteiger charge is 2.17. The number of nitrogens with one attached hydrogen (secondary N) is 2. The molecule has 0 amide bonds. The van der Waals surface area contributed by atoms with Crippen LogP contribution in [-0.2, 0) is 13.0 Å². The van der Waals surface area contributed by atoms with Gasteiger partial charge in [0.05, 0.1) is 13.3 Å². The molecule has 0 heterocycles. The average Bonchev–Trinajstić information content (AvgIpc) is 2.72. The van der Waals surface area contributed by atoms with Crippen molar-refractivity contribution in [3.8, 4) is 5.75 Å². The van der Waals surface area contributed by atoms with Crippen LogP contribution in [-0.4, -0.2) is 19.3 Å². The quantitative estimate of drug-likeness (QED) is 0.568. The Morgan fingerprint density at radius 1 is 0.893 bits per heavy atom. The molecule has 3 heteroatoms. The zero-order chi connectivity index (χ0) is 19.4. The molecule has 0 radical (unpaired) electrons. The molecule has 0 aliphatic heterocycles. The third kappa shape index (κ3) is 6.96. The number of rotatable bonds is 9. The summed E-state index contributed by atoms with van der Waals surface area (Å²) in [5.74, 6) is 0.961. The second-order valence-corrected chi connectivity index (χ2v) is 7.98. The van der Waals surface area contributed by atoms with Gasteiger partial charge in [0.15, 0.2) is 0 Å². The molecule has 3 rings (SSSR count). The van der Waals surface area contributed by atoms with Gasteiger partial charge in [-0.05, 0) is 37.3 Å². The molecule has 0 bridgehead atoms. The lowest BCUT2D eigenvalue weighted by molar-refractivity contribution is 0.306. The summed E-state index contributed by atoms with van der Waals surface area (Å²) in [7, 11) is 1.75. The van der Waals surface area contributed by atoms with Crippen molar-refractivity contribution in [3.63, 3.8) is 0 Å². The smallest absolute Gasteiger partial charge is 0.123 e. The minimum atomic E-state index is 0.314. The summed E-state index contributed by atoms with van der Waals surface area (Å²) in [5, 5.41) is 7.72. The Morgan fingerprint density at radius 2 is 1.57 bits per heavy atom. The molecular weight excluding hydrogens is 344 g/mol. The molecule has 2 aromatic rings. The summed E-state index contributed by atoms with van der Waals surface area (Å²) < 4.78 is 5.53. The van der Waals surface area contributed by atoms with Crippen molar-refractivity contribution >= 4 is 0 Å². The van der Waals surface area contributed by atoms with Crippen LogP contribution in [0.4, 0.5) is 0 Å². The highest BCUT2D eigenvalue weighted by Crippen LogP contribution is 2.19. The topological polar surface area (TPSA) is 33.3 Å². The molecule has 1 saturated carbocycles. The van der Waals surface area contributed by atoms with Crippen molar-refractivity contribution in [2.24, 2.45) is 0 Å². The number of hydrogen-bond acceptors (Lipinski definition) is 3. The number of ether oxygens (including phenoxy) is 1. The Balaban J connectivity index is 1.60. The molecule has 0 unspecified atom stereocenters. The minimum Gasteiger partial charge on any atom is -0.496 e. The van der Waals surface area contributed by atoms with Crippen LogP contribution in [0.5, 0.6) is 5.75 Å². The van der Waals surface area contributed by atoms with Gasteiger partial charge in [-0.25, -0.2) is 0 Å². The molecule has 0 spiro atoms. The first kappa shape index (κ1) is 20.9. The van der Waals surface area contributed by atoms with Gasteiger partial charge in [-0.15, -0.1) is 0 Å². The SMILES string of the molecule is COc1ccccc1CN[C@H](CCc1ccccc1)NC1CCCCCCC1. The van der Waals surface area contributed by atoms with Crippen molar-refractivity contribution in [2.45, 2.75) is 76.5 Å². The Labute approximate surface area is 170 Å². The summed E-state index contributed by atoms with van der Waals surface area (Å²) >= 11 is 0. The second-order valence-electron chi connectivity index (χ2n) is 7.98. The standard InChI is InChI=1S/C25H36N2O/c1-28-24-17-11-10-14-22(24)20-26-25(19-18-21-12-6-5-7-13-21)27-23-15-8-3-2-4-9-16-23/h5-7,10-14,17,23,25-27H,2-4,8-9,15-16,18-20H2,1H3/t25-/m0/s1. The van der Waals surface area contributed by atoms with Crippen molar-refractivity contribution in [3.05, 3.63) is 65.7 Å². The van der Waals surface area contributed by atoms with Crippen LogP contribution in [0.15, 0.2) is 54.6 Å². The van der Waals surface area contributed by atoms with Gasteiger partial charge >= 0.3 is 0 Å². The highest BCUT2D eigenvalue weighted by molar-refractivity contribution is 5.33. The lowest BCUT2D eigenvalue weighted by atomic mass is 9.96. The molecule has 1 aliphatic rings. The Morgan fingerprint density at radius 3 is 2.32 bits per heavy atom. The first-order chi connectivity index (χ1) is 13.8. The first-order valence-corrected chi connectivity index (χ1v) is 11.0. The van der Waals surface area contributed by atoms with Crippen LogP contribution < -0.4 is 15.4 Å². The summed E-state index contributed by atoms with van der Waals surface area (Å²) in [4.78, 5) is 0. The van der Waals surface area contributed by atoms with Gasteiger partial charge in [-0.2, -0.15) is 0 Å². The number of para-hydroxylation sites is 1. The van der Waals surface area contributed by atoms with Crippen molar-refractivity contribution in [1.82, 2.24) is 10.6 Å². The van der Waals surface area contributed by atoms with E-state index in [0.29, 0.717) is 12.2 Å². The summed E-state index contributed by atoms with van der Waals surface area (Å²) in [6.07, 6.45) is 12.0. The van der Waals surface area contributed by atoms with Gasteiger partial charge in [0.2, 0.25) is 0 Å². The van der Waals surface area contributed by atoms with E-state index in [-0.39, 0.29) is 0 Å². The van der Waals surface area contributed by atoms with E-state index in [9.17, 15) is 0 Å². The van der Waals surface area contributed by atoms with E-state index in [1.165, 1.54) is 56.1 Å². The summed E-state index contributed by atoms with van der Waals surface area (Å²) in [5.41, 5.74) is 2.63. The molecule has 1 aliphatic carbocycles. The zero-order valence-corrected chi connectivity index (χ0v) is 17.3. The van der Waals surface area contributed by atoms with Crippen molar-refractivity contribution in [1.29, 1.82) is 0 Å². The number of methoxy groups -OCH3 is 1. The molecule has 152 valence electrons. The maximum absolute atomic E-state index is 5.53. The monoisotopic (exact) mass is 380 g/mol. The van der Waals surface area contributed by atoms with Crippen LogP contribution in [0, 0.1) is 0 Å². The van der Waals surface area contributed by atoms with Gasteiger partial charge in [-0.3, -0.25) is 10.6 Å². The maximum Gasteiger partial charge on any atom is 0.123 e. The van der Waals surface area contributed by atoms with E-state index < -0.39 is 0 Å². The molecule has 2 N–H and O–H groups in total. The third-order valence-corrected chi connectivity index (χ3v) is 5.84. The number of hydrogen-bond donors (Lipinski definition) is 2. The maximum atomic E-state index is 5.53. The fraction of sp³-hybridized carbons (Fsp3) is 0.520. The van der Waals surface area contributed by atoms with E-state index in [0.717, 1.165) is 25.1 Å². The zero-order valence-electron chi connectivity index (χ0n) is 17.3. The van der Waals surface area contributed by atoms with Crippen LogP contribution in [0.2, 0.25) is 0 Å². The first-order valence-electron chi connectivity index (χ1n) is 11.0. The van der Waals surface area contributed by atoms with E-state index >= 15 is 0 Å². The van der Waals surface area contributed by atoms with Crippen LogP contribution >= 0.6 is 0 Å². The molecule has 1 atom stereocenters. The molecule has 2 aromatic carbocycles. The van der Waals surface area contributed by atoms with Crippen molar-refractivity contribution in [2.75, 3.05) is 7.11 Å². The van der Waals surface area contributed by atoms with Gasteiger partial charge in [0, 0.05) is 18.2 Å². The van der Waals surface area contributed by atoms with E-state index in [4.69, 9.17) is 4.74 Å². The lowest BCUT2D eigenvalue weighted by Crippen LogP contribution is -2.47. The molecule has 0 saturated heterocycles. The third-order valence-electron chi connectivity index (χ3n) is 5.84. The summed E-state index contributed by atoms with van der Waals surface area (Å²) in [6, 6.07) is 19.8. The predicted octanol–water partition coefficient (Wildman–Crippen LogP) is 5.45. The van der Waals surface area contributed by atoms with E-state index in [2.05, 4.69) is 53.1 Å². The van der Waals surface area contributed by atoms with Gasteiger partial charge in [0.1, 0.15) is 5.75 Å².